The predicted molar refractivity (Wildman–Crippen MR) is 128 cm³/mol. The molecule has 0 rings (SSSR count). The van der Waals surface area contributed by atoms with Crippen LogP contribution >= 0.6 is 0 Å². The number of nitrogens with zero attached hydrogens (tertiary/aromatic N) is 2. The summed E-state index contributed by atoms with van der Waals surface area (Å²) in [6.45, 7) is 16.6. The van der Waals surface area contributed by atoms with Gasteiger partial charge >= 0.3 is 0 Å². The molecule has 0 aliphatic carbocycles. The summed E-state index contributed by atoms with van der Waals surface area (Å²) in [7, 11) is 0. The van der Waals surface area contributed by atoms with Gasteiger partial charge in [0.25, 0.3) is 0 Å². The third kappa shape index (κ3) is 24.1. The van der Waals surface area contributed by atoms with E-state index in [0.29, 0.717) is 0 Å². The Morgan fingerprint density at radius 2 is 0.690 bits per heavy atom. The molecule has 0 spiro atoms. The Labute approximate surface area is 196 Å². The average molecular weight is 476 g/mol. The normalized spacial score (nSPS) is 10.6. The van der Waals surface area contributed by atoms with Gasteiger partial charge in [0.1, 0.15) is 0 Å². The standard InChI is InChI=1S/C24H52N.C2H3N.BrH/c1-5-9-13-17-21-25(22-18-14-10-6-2,23-19-15-11-7-3)24-20-16-12-8-4;1-2-3;/h5-24H2,1-4H3;1H3;1H/q+1;;/p-1. The SMILES string of the molecule is CC#N.CCCCCC[N+](CCCCCC)(CCCCCC)CCCCCC.[Br-]. The number of rotatable bonds is 20. The van der Waals surface area contributed by atoms with Crippen molar-refractivity contribution in [2.24, 2.45) is 0 Å². The first-order valence-corrected chi connectivity index (χ1v) is 12.8. The first-order chi connectivity index (χ1) is 13.7. The van der Waals surface area contributed by atoms with Crippen molar-refractivity contribution < 1.29 is 21.5 Å². The van der Waals surface area contributed by atoms with Gasteiger partial charge in [0.05, 0.1) is 32.2 Å². The molecule has 0 N–H and O–H groups in total. The maximum Gasteiger partial charge on any atom is 0.0786 e. The van der Waals surface area contributed by atoms with Crippen molar-refractivity contribution in [1.29, 1.82) is 5.26 Å². The molecule has 0 heterocycles. The van der Waals surface area contributed by atoms with E-state index in [1.54, 1.807) is 6.07 Å². The second-order valence-corrected chi connectivity index (χ2v) is 8.70. The van der Waals surface area contributed by atoms with E-state index in [9.17, 15) is 0 Å². The molecule has 0 bridgehead atoms. The third-order valence-corrected chi connectivity index (χ3v) is 5.94. The molecule has 0 aromatic carbocycles. The van der Waals surface area contributed by atoms with E-state index in [-0.39, 0.29) is 17.0 Å². The van der Waals surface area contributed by atoms with Crippen molar-refractivity contribution in [1.82, 2.24) is 0 Å². The summed E-state index contributed by atoms with van der Waals surface area (Å²) in [5.74, 6) is 0. The quantitative estimate of drug-likeness (QED) is 0.165. The predicted octanol–water partition coefficient (Wildman–Crippen LogP) is 5.66. The summed E-state index contributed by atoms with van der Waals surface area (Å²) in [4.78, 5) is 0. The second-order valence-electron chi connectivity index (χ2n) is 8.70. The summed E-state index contributed by atoms with van der Waals surface area (Å²) in [5, 5.41) is 7.32. The molecule has 0 amide bonds. The minimum Gasteiger partial charge on any atom is -1.00 e. The van der Waals surface area contributed by atoms with Gasteiger partial charge in [-0.05, 0) is 51.4 Å². The van der Waals surface area contributed by atoms with Gasteiger partial charge < -0.3 is 21.5 Å². The van der Waals surface area contributed by atoms with Gasteiger partial charge in [-0.1, -0.05) is 79.1 Å². The highest BCUT2D eigenvalue weighted by Gasteiger charge is 2.25. The van der Waals surface area contributed by atoms with Gasteiger partial charge in [0.15, 0.2) is 0 Å². The van der Waals surface area contributed by atoms with Crippen LogP contribution in [0.4, 0.5) is 0 Å². The molecule has 0 aromatic heterocycles. The minimum absolute atomic E-state index is 0. The molecular weight excluding hydrogens is 420 g/mol. The molecule has 0 aliphatic rings. The lowest BCUT2D eigenvalue weighted by atomic mass is 10.1. The van der Waals surface area contributed by atoms with Crippen molar-refractivity contribution in [2.45, 2.75) is 137 Å². The van der Waals surface area contributed by atoms with Crippen LogP contribution < -0.4 is 17.0 Å². The Balaban J connectivity index is -0.00000158. The molecule has 0 unspecified atom stereocenters. The van der Waals surface area contributed by atoms with E-state index in [4.69, 9.17) is 5.26 Å². The van der Waals surface area contributed by atoms with Crippen LogP contribution in [0.1, 0.15) is 137 Å². The molecule has 0 radical (unpaired) electrons. The monoisotopic (exact) mass is 474 g/mol. The first-order valence-electron chi connectivity index (χ1n) is 12.8. The molecule has 0 saturated carbocycles. The lowest BCUT2D eigenvalue weighted by Crippen LogP contribution is -3.00. The van der Waals surface area contributed by atoms with Gasteiger partial charge in [-0.15, -0.1) is 0 Å². The third-order valence-electron chi connectivity index (χ3n) is 5.94. The summed E-state index contributed by atoms with van der Waals surface area (Å²) in [5.41, 5.74) is 0. The first kappa shape index (κ1) is 33.6. The molecular formula is C26H55BrN2. The lowest BCUT2D eigenvalue weighted by molar-refractivity contribution is -0.929. The highest BCUT2D eigenvalue weighted by Crippen LogP contribution is 2.19. The molecule has 176 valence electrons. The minimum atomic E-state index is 0. The molecule has 2 nitrogen and oxygen atoms in total. The molecule has 0 atom stereocenters. The lowest BCUT2D eigenvalue weighted by Gasteiger charge is -2.39. The van der Waals surface area contributed by atoms with Crippen LogP contribution in [0.15, 0.2) is 0 Å². The molecule has 3 heteroatoms. The Morgan fingerprint density at radius 1 is 0.483 bits per heavy atom. The van der Waals surface area contributed by atoms with E-state index in [1.165, 1.54) is 140 Å². The van der Waals surface area contributed by atoms with Gasteiger partial charge in [-0.3, -0.25) is 0 Å². The number of nitriles is 1. The number of hydrogen-bond acceptors (Lipinski definition) is 1. The van der Waals surface area contributed by atoms with Gasteiger partial charge in [-0.2, -0.15) is 5.26 Å². The largest absolute Gasteiger partial charge is 1.00 e. The van der Waals surface area contributed by atoms with E-state index >= 15 is 0 Å². The Kier molecular flexibility index (Phi) is 32.3. The Bertz CT molecular complexity index is 272. The van der Waals surface area contributed by atoms with Gasteiger partial charge in [0, 0.05) is 6.92 Å². The average Bonchev–Trinajstić information content (AvgIpc) is 2.70. The van der Waals surface area contributed by atoms with Crippen molar-refractivity contribution in [3.63, 3.8) is 0 Å². The summed E-state index contributed by atoms with van der Waals surface area (Å²) < 4.78 is 1.46. The van der Waals surface area contributed by atoms with Crippen molar-refractivity contribution >= 4 is 0 Å². The molecule has 0 aliphatic heterocycles. The number of hydrogen-bond donors (Lipinski definition) is 0. The fourth-order valence-electron chi connectivity index (χ4n) is 4.17. The highest BCUT2D eigenvalue weighted by atomic mass is 79.9. The van der Waals surface area contributed by atoms with Gasteiger partial charge in [-0.25, -0.2) is 0 Å². The summed E-state index contributed by atoms with van der Waals surface area (Å²) in [6.07, 6.45) is 22.8. The van der Waals surface area contributed by atoms with Crippen molar-refractivity contribution in [3.05, 3.63) is 0 Å². The topological polar surface area (TPSA) is 23.8 Å². The maximum atomic E-state index is 7.32. The molecule has 0 aromatic rings. The van der Waals surface area contributed by atoms with E-state index in [0.717, 1.165) is 0 Å². The highest BCUT2D eigenvalue weighted by molar-refractivity contribution is 4.53. The van der Waals surface area contributed by atoms with Gasteiger partial charge in [0.2, 0.25) is 0 Å². The molecule has 29 heavy (non-hydrogen) atoms. The fraction of sp³-hybridized carbons (Fsp3) is 0.962. The van der Waals surface area contributed by atoms with Crippen LogP contribution in [-0.2, 0) is 0 Å². The van der Waals surface area contributed by atoms with E-state index < -0.39 is 0 Å². The Hall–Kier alpha value is -0.0700. The zero-order valence-corrected chi connectivity index (χ0v) is 22.5. The van der Waals surface area contributed by atoms with E-state index in [1.807, 2.05) is 0 Å². The van der Waals surface area contributed by atoms with Crippen LogP contribution in [0.25, 0.3) is 0 Å². The van der Waals surface area contributed by atoms with E-state index in [2.05, 4.69) is 27.7 Å². The number of unbranched alkanes of at least 4 members (excludes halogenated alkanes) is 12. The number of quaternary nitrogens is 1. The Morgan fingerprint density at radius 3 is 0.862 bits per heavy atom. The van der Waals surface area contributed by atoms with Crippen LogP contribution in [0.3, 0.4) is 0 Å². The zero-order valence-electron chi connectivity index (χ0n) is 20.9. The number of halogens is 1. The molecule has 0 saturated heterocycles. The maximum absolute atomic E-state index is 7.32. The fourth-order valence-corrected chi connectivity index (χ4v) is 4.17. The smallest absolute Gasteiger partial charge is 0.0786 e. The van der Waals surface area contributed by atoms with Crippen molar-refractivity contribution in [2.75, 3.05) is 26.2 Å². The summed E-state index contributed by atoms with van der Waals surface area (Å²) >= 11 is 0. The van der Waals surface area contributed by atoms with Crippen LogP contribution in [0, 0.1) is 11.3 Å². The second kappa shape index (κ2) is 27.9. The van der Waals surface area contributed by atoms with Crippen LogP contribution in [0.2, 0.25) is 0 Å². The van der Waals surface area contributed by atoms with Crippen LogP contribution in [0.5, 0.6) is 0 Å². The summed E-state index contributed by atoms with van der Waals surface area (Å²) in [6, 6.07) is 1.75. The zero-order chi connectivity index (χ0) is 21.3. The van der Waals surface area contributed by atoms with Crippen molar-refractivity contribution in [3.8, 4) is 6.07 Å². The molecule has 0 fully saturated rings. The van der Waals surface area contributed by atoms with Crippen LogP contribution in [-0.4, -0.2) is 30.7 Å².